The zero-order chi connectivity index (χ0) is 30.2. The Labute approximate surface area is 250 Å². The maximum atomic E-state index is 14.5. The molecule has 0 bridgehead atoms. The number of para-hydroxylation sites is 1. The van der Waals surface area contributed by atoms with Gasteiger partial charge in [0.2, 0.25) is 21.8 Å². The molecule has 0 saturated carbocycles. The van der Waals surface area contributed by atoms with Crippen molar-refractivity contribution in [2.75, 3.05) is 17.1 Å². The molecule has 7 nitrogen and oxygen atoms in total. The Kier molecular flexibility index (Phi) is 11.1. The Morgan fingerprint density at radius 1 is 0.951 bits per heavy atom. The van der Waals surface area contributed by atoms with E-state index < -0.39 is 27.4 Å². The van der Waals surface area contributed by atoms with Gasteiger partial charge < -0.3 is 10.2 Å². The largest absolute Gasteiger partial charge is 0.350 e. The van der Waals surface area contributed by atoms with Crippen molar-refractivity contribution in [1.82, 2.24) is 10.2 Å². The topological polar surface area (TPSA) is 86.8 Å². The van der Waals surface area contributed by atoms with E-state index in [-0.39, 0.29) is 43.4 Å². The number of sulfonamides is 1. The molecule has 0 aliphatic heterocycles. The van der Waals surface area contributed by atoms with E-state index in [2.05, 4.69) is 21.2 Å². The third-order valence-corrected chi connectivity index (χ3v) is 7.96. The number of nitrogens with one attached hydrogen (secondary N) is 1. The number of carbonyl (C=O) groups excluding carboxylic acids is 2. The summed E-state index contributed by atoms with van der Waals surface area (Å²) in [6.07, 6.45) is 1.40. The van der Waals surface area contributed by atoms with Gasteiger partial charge in [0.05, 0.1) is 11.9 Å². The van der Waals surface area contributed by atoms with Crippen molar-refractivity contribution in [3.63, 3.8) is 0 Å². The molecule has 0 aliphatic rings. The van der Waals surface area contributed by atoms with Crippen LogP contribution in [0.1, 0.15) is 44.7 Å². The predicted molar refractivity (Wildman–Crippen MR) is 164 cm³/mol. The van der Waals surface area contributed by atoms with Gasteiger partial charge in [0.1, 0.15) is 11.9 Å². The highest BCUT2D eigenvalue weighted by Crippen LogP contribution is 2.23. The van der Waals surface area contributed by atoms with Crippen LogP contribution in [-0.4, -0.2) is 49.5 Å². The third kappa shape index (κ3) is 9.97. The summed E-state index contributed by atoms with van der Waals surface area (Å²) in [4.78, 5) is 29.1. The lowest BCUT2D eigenvalue weighted by Crippen LogP contribution is -2.54. The Hall–Kier alpha value is -3.24. The number of benzene rings is 3. The van der Waals surface area contributed by atoms with Gasteiger partial charge in [-0.3, -0.25) is 13.9 Å². The molecule has 0 fully saturated rings. The molecule has 0 saturated heterocycles. The Morgan fingerprint density at radius 3 is 2.20 bits per heavy atom. The van der Waals surface area contributed by atoms with E-state index in [1.54, 1.807) is 11.0 Å². The second kappa shape index (κ2) is 14.1. The van der Waals surface area contributed by atoms with Gasteiger partial charge in [-0.2, -0.15) is 0 Å². The summed E-state index contributed by atoms with van der Waals surface area (Å²) in [5.41, 5.74) is 1.14. The fraction of sp³-hybridized carbons (Fsp3) is 0.355. The second-order valence-electron chi connectivity index (χ2n) is 11.0. The van der Waals surface area contributed by atoms with Gasteiger partial charge in [-0.15, -0.1) is 0 Å². The molecule has 0 spiro atoms. The van der Waals surface area contributed by atoms with Crippen molar-refractivity contribution in [3.05, 3.63) is 100 Å². The molecule has 10 heteroatoms. The minimum absolute atomic E-state index is 0.0391. The maximum Gasteiger partial charge on any atom is 0.243 e. The van der Waals surface area contributed by atoms with E-state index in [0.29, 0.717) is 6.42 Å². The molecule has 3 rings (SSSR count). The molecular formula is C31H37BrFN3O4S. The summed E-state index contributed by atoms with van der Waals surface area (Å²) in [5, 5.41) is 3.02. The summed E-state index contributed by atoms with van der Waals surface area (Å²) in [7, 11) is -3.80. The zero-order valence-corrected chi connectivity index (χ0v) is 26.2. The van der Waals surface area contributed by atoms with Crippen LogP contribution in [0.4, 0.5) is 10.1 Å². The minimum atomic E-state index is -3.80. The minimum Gasteiger partial charge on any atom is -0.350 e. The zero-order valence-electron chi connectivity index (χ0n) is 23.8. The summed E-state index contributed by atoms with van der Waals surface area (Å²) >= 11 is 3.48. The van der Waals surface area contributed by atoms with Crippen LogP contribution in [-0.2, 0) is 32.6 Å². The fourth-order valence-electron chi connectivity index (χ4n) is 4.48. The number of carbonyl (C=O) groups is 2. The quantitative estimate of drug-likeness (QED) is 0.274. The lowest BCUT2D eigenvalue weighted by molar-refractivity contribution is -0.142. The smallest absolute Gasteiger partial charge is 0.243 e. The molecule has 1 atom stereocenters. The van der Waals surface area contributed by atoms with Gasteiger partial charge in [-0.25, -0.2) is 12.8 Å². The van der Waals surface area contributed by atoms with E-state index in [1.807, 2.05) is 75.4 Å². The first-order chi connectivity index (χ1) is 19.2. The molecular weight excluding hydrogens is 609 g/mol. The lowest BCUT2D eigenvalue weighted by Gasteiger charge is -2.34. The number of nitrogens with zero attached hydrogens (tertiary/aromatic N) is 2. The highest BCUT2D eigenvalue weighted by Gasteiger charge is 2.32. The number of hydrogen-bond donors (Lipinski definition) is 1. The van der Waals surface area contributed by atoms with Gasteiger partial charge in [0.15, 0.2) is 0 Å². The average molecular weight is 647 g/mol. The number of halogens is 2. The molecule has 3 aromatic rings. The first-order valence-electron chi connectivity index (χ1n) is 13.4. The SMILES string of the molecule is CC(C)(C)NC(=O)C(Cc1ccccc1)N(Cc1cccc(Br)c1)C(=O)CCCN(c1ccccc1F)S(C)(=O)=O. The van der Waals surface area contributed by atoms with Crippen LogP contribution in [0.2, 0.25) is 0 Å². The van der Waals surface area contributed by atoms with Crippen molar-refractivity contribution in [2.45, 2.75) is 58.2 Å². The summed E-state index contributed by atoms with van der Waals surface area (Å²) in [6.45, 7) is 5.73. The molecule has 220 valence electrons. The number of hydrogen-bond acceptors (Lipinski definition) is 4. The van der Waals surface area contributed by atoms with Crippen LogP contribution < -0.4 is 9.62 Å². The van der Waals surface area contributed by atoms with Gasteiger partial charge >= 0.3 is 0 Å². The highest BCUT2D eigenvalue weighted by atomic mass is 79.9. The first-order valence-corrected chi connectivity index (χ1v) is 16.0. The van der Waals surface area contributed by atoms with Gasteiger partial charge in [0, 0.05) is 35.9 Å². The van der Waals surface area contributed by atoms with Crippen molar-refractivity contribution in [3.8, 4) is 0 Å². The molecule has 1 N–H and O–H groups in total. The Morgan fingerprint density at radius 2 is 1.59 bits per heavy atom. The third-order valence-electron chi connectivity index (χ3n) is 6.28. The Balaban J connectivity index is 1.91. The predicted octanol–water partition coefficient (Wildman–Crippen LogP) is 5.69. The highest BCUT2D eigenvalue weighted by molar-refractivity contribution is 9.10. The maximum absolute atomic E-state index is 14.5. The Bertz CT molecular complexity index is 1440. The van der Waals surface area contributed by atoms with E-state index in [1.165, 1.54) is 18.2 Å². The molecule has 0 heterocycles. The van der Waals surface area contributed by atoms with Crippen LogP contribution >= 0.6 is 15.9 Å². The van der Waals surface area contributed by atoms with E-state index in [4.69, 9.17) is 0 Å². The lowest BCUT2D eigenvalue weighted by atomic mass is 10.00. The van der Waals surface area contributed by atoms with Crippen LogP contribution in [0, 0.1) is 5.82 Å². The van der Waals surface area contributed by atoms with Crippen molar-refractivity contribution in [1.29, 1.82) is 0 Å². The van der Waals surface area contributed by atoms with Crippen LogP contribution in [0.25, 0.3) is 0 Å². The normalized spacial score (nSPS) is 12.4. The van der Waals surface area contributed by atoms with Crippen molar-refractivity contribution in [2.24, 2.45) is 0 Å². The molecule has 3 aromatic carbocycles. The van der Waals surface area contributed by atoms with Crippen LogP contribution in [0.15, 0.2) is 83.3 Å². The number of rotatable bonds is 12. The van der Waals surface area contributed by atoms with Crippen molar-refractivity contribution < 1.29 is 22.4 Å². The molecule has 0 aromatic heterocycles. The number of amides is 2. The number of anilines is 1. The molecule has 0 aliphatic carbocycles. The van der Waals surface area contributed by atoms with Crippen molar-refractivity contribution >= 4 is 43.5 Å². The monoisotopic (exact) mass is 645 g/mol. The molecule has 41 heavy (non-hydrogen) atoms. The summed E-state index contributed by atoms with van der Waals surface area (Å²) < 4.78 is 41.3. The second-order valence-corrected chi connectivity index (χ2v) is 13.8. The standard InChI is InChI=1S/C31H37BrFN3O4S/c1-31(2,3)34-30(38)28(21-23-12-6-5-7-13-23)35(22-24-14-10-15-25(32)20-24)29(37)18-11-19-36(41(4,39)40)27-17-9-8-16-26(27)33/h5-10,12-17,20,28H,11,18-19,21-22H2,1-4H3,(H,34,38). The van der Waals surface area contributed by atoms with Crippen LogP contribution in [0.5, 0.6) is 0 Å². The van der Waals surface area contributed by atoms with Gasteiger partial charge in [-0.05, 0) is 62.6 Å². The fourth-order valence-corrected chi connectivity index (χ4v) is 5.89. The molecule has 1 unspecified atom stereocenters. The molecule has 2 amide bonds. The van der Waals surface area contributed by atoms with E-state index >= 15 is 0 Å². The van der Waals surface area contributed by atoms with Crippen LogP contribution in [0.3, 0.4) is 0 Å². The van der Waals surface area contributed by atoms with E-state index in [0.717, 1.165) is 26.2 Å². The first kappa shape index (κ1) is 32.3. The summed E-state index contributed by atoms with van der Waals surface area (Å²) in [5.74, 6) is -1.26. The summed E-state index contributed by atoms with van der Waals surface area (Å²) in [6, 6.07) is 21.8. The van der Waals surface area contributed by atoms with Gasteiger partial charge in [0.25, 0.3) is 0 Å². The molecule has 0 radical (unpaired) electrons. The van der Waals surface area contributed by atoms with Gasteiger partial charge in [-0.1, -0.05) is 70.5 Å². The van der Waals surface area contributed by atoms with E-state index in [9.17, 15) is 22.4 Å². The average Bonchev–Trinajstić information content (AvgIpc) is 2.88.